The molecule has 1 aromatic rings. The molecule has 3 heteroatoms. The van der Waals surface area contributed by atoms with E-state index >= 15 is 0 Å². The van der Waals surface area contributed by atoms with Crippen molar-refractivity contribution in [3.8, 4) is 23.3 Å². The zero-order chi connectivity index (χ0) is 11.8. The molecule has 0 amide bonds. The van der Waals surface area contributed by atoms with Gasteiger partial charge in [-0.05, 0) is 12.1 Å². The van der Waals surface area contributed by atoms with E-state index in [9.17, 15) is 4.79 Å². The molecule has 0 aromatic heterocycles. The van der Waals surface area contributed by atoms with Crippen LogP contribution >= 0.6 is 0 Å². The molecule has 16 heavy (non-hydrogen) atoms. The molecule has 0 saturated heterocycles. The molecule has 0 saturated carbocycles. The van der Waals surface area contributed by atoms with Gasteiger partial charge in [0.1, 0.15) is 6.42 Å². The smallest absolute Gasteiger partial charge is 0.323 e. The molecule has 0 N–H and O–H groups in total. The van der Waals surface area contributed by atoms with Crippen LogP contribution in [-0.4, -0.2) is 13.1 Å². The standard InChI is InChI=1S/C13H14O3/c1-3-4-5-10-13(14)16-12-9-7-6-8-11(12)15-2/h6-9H,3,10H2,1-2H3. The molecular formula is C13H14O3. The summed E-state index contributed by atoms with van der Waals surface area (Å²) in [6.45, 7) is 1.93. The van der Waals surface area contributed by atoms with Crippen LogP contribution in [0.25, 0.3) is 0 Å². The van der Waals surface area contributed by atoms with Crippen molar-refractivity contribution in [2.45, 2.75) is 19.8 Å². The number of para-hydroxylation sites is 2. The molecule has 0 unspecified atom stereocenters. The minimum absolute atomic E-state index is 0.103. The number of hydrogen-bond donors (Lipinski definition) is 0. The van der Waals surface area contributed by atoms with Crippen LogP contribution < -0.4 is 9.47 Å². The van der Waals surface area contributed by atoms with Crippen LogP contribution in [-0.2, 0) is 4.79 Å². The van der Waals surface area contributed by atoms with Gasteiger partial charge in [-0.1, -0.05) is 25.0 Å². The summed E-state index contributed by atoms with van der Waals surface area (Å²) in [7, 11) is 1.53. The van der Waals surface area contributed by atoms with Gasteiger partial charge in [0.25, 0.3) is 0 Å². The second kappa shape index (κ2) is 6.52. The molecule has 0 aliphatic rings. The van der Waals surface area contributed by atoms with Crippen molar-refractivity contribution in [2.75, 3.05) is 7.11 Å². The van der Waals surface area contributed by atoms with Crippen LogP contribution in [0.4, 0.5) is 0 Å². The third kappa shape index (κ3) is 3.66. The summed E-state index contributed by atoms with van der Waals surface area (Å²) in [5.41, 5.74) is 0. The van der Waals surface area contributed by atoms with Gasteiger partial charge < -0.3 is 9.47 Å². The lowest BCUT2D eigenvalue weighted by Crippen LogP contribution is -2.07. The van der Waals surface area contributed by atoms with E-state index in [0.29, 0.717) is 11.5 Å². The lowest BCUT2D eigenvalue weighted by atomic mass is 10.3. The van der Waals surface area contributed by atoms with E-state index in [1.54, 1.807) is 18.2 Å². The summed E-state index contributed by atoms with van der Waals surface area (Å²) in [4.78, 5) is 11.4. The fourth-order valence-electron chi connectivity index (χ4n) is 1.12. The van der Waals surface area contributed by atoms with Crippen LogP contribution in [0.5, 0.6) is 11.5 Å². The Bertz CT molecular complexity index is 413. The predicted molar refractivity (Wildman–Crippen MR) is 61.3 cm³/mol. The Morgan fingerprint density at radius 1 is 1.25 bits per heavy atom. The third-order valence-electron chi connectivity index (χ3n) is 1.83. The number of carbonyl (C=O) groups is 1. The van der Waals surface area contributed by atoms with Gasteiger partial charge in [0.15, 0.2) is 11.5 Å². The Labute approximate surface area is 95.4 Å². The van der Waals surface area contributed by atoms with Crippen LogP contribution in [0.2, 0.25) is 0 Å². The molecular weight excluding hydrogens is 204 g/mol. The summed E-state index contributed by atoms with van der Waals surface area (Å²) in [6, 6.07) is 7.01. The summed E-state index contributed by atoms with van der Waals surface area (Å²) in [5, 5.41) is 0. The number of carbonyl (C=O) groups excluding carboxylic acids is 1. The van der Waals surface area contributed by atoms with E-state index in [-0.39, 0.29) is 12.4 Å². The van der Waals surface area contributed by atoms with Crippen molar-refractivity contribution in [3.63, 3.8) is 0 Å². The van der Waals surface area contributed by atoms with Crippen molar-refractivity contribution in [3.05, 3.63) is 24.3 Å². The Hall–Kier alpha value is -1.95. The fraction of sp³-hybridized carbons (Fsp3) is 0.308. The van der Waals surface area contributed by atoms with Crippen LogP contribution in [0, 0.1) is 11.8 Å². The first-order valence-corrected chi connectivity index (χ1v) is 5.07. The average Bonchev–Trinajstić information content (AvgIpc) is 2.30. The number of esters is 1. The quantitative estimate of drug-likeness (QED) is 0.444. The van der Waals surface area contributed by atoms with Crippen molar-refractivity contribution < 1.29 is 14.3 Å². The second-order valence-electron chi connectivity index (χ2n) is 3.01. The topological polar surface area (TPSA) is 35.5 Å². The zero-order valence-electron chi connectivity index (χ0n) is 9.45. The molecule has 0 heterocycles. The van der Waals surface area contributed by atoms with Crippen molar-refractivity contribution in [1.29, 1.82) is 0 Å². The summed E-state index contributed by atoms with van der Waals surface area (Å²) < 4.78 is 10.2. The Kier molecular flexibility index (Phi) is 4.94. The largest absolute Gasteiger partial charge is 0.493 e. The molecule has 0 spiro atoms. The van der Waals surface area contributed by atoms with Crippen LogP contribution in [0.1, 0.15) is 19.8 Å². The maximum absolute atomic E-state index is 11.4. The normalized spacial score (nSPS) is 8.88. The van der Waals surface area contributed by atoms with Gasteiger partial charge >= 0.3 is 5.97 Å². The number of methoxy groups -OCH3 is 1. The SMILES string of the molecule is CCC#CCC(=O)Oc1ccccc1OC. The highest BCUT2D eigenvalue weighted by Crippen LogP contribution is 2.25. The first kappa shape index (κ1) is 12.1. The van der Waals surface area contributed by atoms with Gasteiger partial charge in [0.05, 0.1) is 7.11 Å². The maximum atomic E-state index is 11.4. The van der Waals surface area contributed by atoms with E-state index in [2.05, 4.69) is 11.8 Å². The van der Waals surface area contributed by atoms with E-state index in [1.165, 1.54) is 7.11 Å². The minimum Gasteiger partial charge on any atom is -0.493 e. The summed E-state index contributed by atoms with van der Waals surface area (Å²) in [6.07, 6.45) is 0.841. The lowest BCUT2D eigenvalue weighted by Gasteiger charge is -2.06. The zero-order valence-corrected chi connectivity index (χ0v) is 9.45. The van der Waals surface area contributed by atoms with E-state index < -0.39 is 0 Å². The van der Waals surface area contributed by atoms with Gasteiger partial charge in [0, 0.05) is 6.42 Å². The Morgan fingerprint density at radius 3 is 2.56 bits per heavy atom. The monoisotopic (exact) mass is 218 g/mol. The fourth-order valence-corrected chi connectivity index (χ4v) is 1.12. The van der Waals surface area contributed by atoms with Gasteiger partial charge in [0.2, 0.25) is 0 Å². The van der Waals surface area contributed by atoms with Crippen LogP contribution in [0.15, 0.2) is 24.3 Å². The van der Waals surface area contributed by atoms with Crippen molar-refractivity contribution in [2.24, 2.45) is 0 Å². The number of hydrogen-bond acceptors (Lipinski definition) is 3. The molecule has 0 bridgehead atoms. The summed E-state index contributed by atoms with van der Waals surface area (Å²) >= 11 is 0. The van der Waals surface area contributed by atoms with E-state index in [4.69, 9.17) is 9.47 Å². The second-order valence-corrected chi connectivity index (χ2v) is 3.01. The molecule has 0 radical (unpaired) electrons. The van der Waals surface area contributed by atoms with Gasteiger partial charge in [-0.15, -0.1) is 5.92 Å². The number of rotatable bonds is 3. The lowest BCUT2D eigenvalue weighted by molar-refractivity contribution is -0.133. The van der Waals surface area contributed by atoms with E-state index in [1.807, 2.05) is 13.0 Å². The van der Waals surface area contributed by atoms with Crippen molar-refractivity contribution >= 4 is 5.97 Å². The molecule has 0 fully saturated rings. The van der Waals surface area contributed by atoms with Gasteiger partial charge in [-0.25, -0.2) is 0 Å². The number of ether oxygens (including phenoxy) is 2. The first-order valence-electron chi connectivity index (χ1n) is 5.07. The Balaban J connectivity index is 2.62. The average molecular weight is 218 g/mol. The Morgan fingerprint density at radius 2 is 1.94 bits per heavy atom. The van der Waals surface area contributed by atoms with Gasteiger partial charge in [-0.3, -0.25) is 4.79 Å². The number of benzene rings is 1. The van der Waals surface area contributed by atoms with Crippen molar-refractivity contribution in [1.82, 2.24) is 0 Å². The molecule has 1 aromatic carbocycles. The van der Waals surface area contributed by atoms with E-state index in [0.717, 1.165) is 6.42 Å². The predicted octanol–water partition coefficient (Wildman–Crippen LogP) is 2.40. The molecule has 3 nitrogen and oxygen atoms in total. The molecule has 0 aliphatic heterocycles. The minimum atomic E-state index is -0.370. The highest BCUT2D eigenvalue weighted by Gasteiger charge is 2.07. The molecule has 0 atom stereocenters. The third-order valence-corrected chi connectivity index (χ3v) is 1.83. The molecule has 1 rings (SSSR count). The summed E-state index contributed by atoms with van der Waals surface area (Å²) in [5.74, 6) is 6.13. The maximum Gasteiger partial charge on any atom is 0.323 e. The van der Waals surface area contributed by atoms with Gasteiger partial charge in [-0.2, -0.15) is 0 Å². The highest BCUT2D eigenvalue weighted by molar-refractivity contribution is 5.75. The first-order chi connectivity index (χ1) is 7.77. The van der Waals surface area contributed by atoms with Crippen LogP contribution in [0.3, 0.4) is 0 Å². The highest BCUT2D eigenvalue weighted by atomic mass is 16.6. The molecule has 0 aliphatic carbocycles. The molecule has 84 valence electrons.